The number of carbonyl (C=O) groups excluding carboxylic acids is 9. The fraction of sp³-hybridized carbons (Fsp3) is 0.571. The molecule has 1 aliphatic rings. The maximum absolute atomic E-state index is 14.8. The average Bonchev–Trinajstić information content (AvgIpc) is 3.69. The van der Waals surface area contributed by atoms with Gasteiger partial charge in [-0.2, -0.15) is 0 Å². The first kappa shape index (κ1) is 69.3. The molecule has 1 saturated heterocycles. The van der Waals surface area contributed by atoms with Crippen LogP contribution in [0.15, 0.2) is 91.0 Å². The van der Waals surface area contributed by atoms with Crippen molar-refractivity contribution in [2.75, 3.05) is 19.6 Å². The van der Waals surface area contributed by atoms with Crippen molar-refractivity contribution in [2.45, 2.75) is 192 Å². The lowest BCUT2D eigenvalue weighted by Gasteiger charge is -2.30. The zero-order chi connectivity index (χ0) is 61.6. The van der Waals surface area contributed by atoms with Gasteiger partial charge in [0, 0.05) is 19.3 Å². The standard InChI is InChI=1S/C63H96N12O9/c1-7-40(4)52-61(82)67-46(31-19-22-34-64)55(76)71-50(38-44-27-15-11-16-28-44)59(80)74-54(42(6)9-3)63(84)69-48(33-21-24-36-66)57(78)72-51(39-45-29-17-12-18-30-45)60(81)75-53(41(5)8-2)62(83)68-47(32-20-23-35-65)56(77)70-49(58(79)73-52)37-43-25-13-10-14-26-43/h10-18,25-30,40-42,46-54H,7-9,19-24,31-39,64-66H2,1-6H3,(H,67,82)(H,68,83)(H,69,84)(H,70,77)(H,71,76)(H,72,78)(H,73,79)(H,74,80)(H,75,81)/t40-,41-,42-,46-,47-,48-,49-,50-,51-,52-,53-,54-/m0/s1. The van der Waals surface area contributed by atoms with E-state index in [1.807, 2.05) is 39.0 Å². The number of benzene rings is 3. The molecule has 0 bridgehead atoms. The van der Waals surface area contributed by atoms with E-state index in [0.29, 0.717) is 94.1 Å². The minimum Gasteiger partial charge on any atom is -0.343 e. The molecular weight excluding hydrogens is 1070 g/mol. The van der Waals surface area contributed by atoms with Gasteiger partial charge in [0.25, 0.3) is 0 Å². The van der Waals surface area contributed by atoms with Crippen molar-refractivity contribution in [1.29, 1.82) is 0 Å². The minimum atomic E-state index is -1.29. The molecule has 0 radical (unpaired) electrons. The van der Waals surface area contributed by atoms with E-state index in [4.69, 9.17) is 17.2 Å². The maximum Gasteiger partial charge on any atom is 0.243 e. The normalized spacial score (nSPS) is 24.2. The average molecular weight is 1170 g/mol. The monoisotopic (exact) mass is 1160 g/mol. The molecular formula is C63H96N12O9. The van der Waals surface area contributed by atoms with Crippen molar-refractivity contribution in [3.8, 4) is 0 Å². The Morgan fingerprint density at radius 1 is 0.310 bits per heavy atom. The molecule has 1 aliphatic heterocycles. The predicted molar refractivity (Wildman–Crippen MR) is 325 cm³/mol. The molecule has 1 fully saturated rings. The summed E-state index contributed by atoms with van der Waals surface area (Å²) in [6.07, 6.45) is 4.25. The van der Waals surface area contributed by atoms with E-state index in [2.05, 4.69) is 47.9 Å². The molecule has 462 valence electrons. The van der Waals surface area contributed by atoms with E-state index in [1.54, 1.807) is 93.6 Å². The van der Waals surface area contributed by atoms with Crippen LogP contribution < -0.4 is 65.1 Å². The van der Waals surface area contributed by atoms with Crippen LogP contribution in [0.5, 0.6) is 0 Å². The second kappa shape index (κ2) is 37.2. The Morgan fingerprint density at radius 2 is 0.524 bits per heavy atom. The Bertz CT molecular complexity index is 2270. The quantitative estimate of drug-likeness (QED) is 0.0577. The molecule has 0 saturated carbocycles. The van der Waals surface area contributed by atoms with Crippen LogP contribution in [0.4, 0.5) is 0 Å². The van der Waals surface area contributed by atoms with Crippen molar-refractivity contribution in [1.82, 2.24) is 47.9 Å². The van der Waals surface area contributed by atoms with Crippen LogP contribution in [-0.2, 0) is 62.4 Å². The van der Waals surface area contributed by atoms with Gasteiger partial charge in [0.2, 0.25) is 53.2 Å². The molecule has 0 spiro atoms. The van der Waals surface area contributed by atoms with Crippen molar-refractivity contribution < 1.29 is 43.2 Å². The Balaban J connectivity index is 1.93. The Labute approximate surface area is 496 Å². The lowest BCUT2D eigenvalue weighted by atomic mass is 9.95. The van der Waals surface area contributed by atoms with Gasteiger partial charge in [-0.15, -0.1) is 0 Å². The summed E-state index contributed by atoms with van der Waals surface area (Å²) in [5, 5.41) is 26.0. The fourth-order valence-electron chi connectivity index (χ4n) is 9.93. The van der Waals surface area contributed by atoms with Gasteiger partial charge in [-0.05, 0) is 112 Å². The second-order valence-corrected chi connectivity index (χ2v) is 22.4. The highest BCUT2D eigenvalue weighted by Gasteiger charge is 2.39. The first-order valence-corrected chi connectivity index (χ1v) is 30.3. The molecule has 21 heteroatoms. The lowest BCUT2D eigenvalue weighted by Crippen LogP contribution is -2.62. The van der Waals surface area contributed by atoms with Gasteiger partial charge < -0.3 is 65.1 Å². The number of amides is 9. The van der Waals surface area contributed by atoms with Crippen LogP contribution in [0.2, 0.25) is 0 Å². The summed E-state index contributed by atoms with van der Waals surface area (Å²) in [5.41, 5.74) is 19.8. The summed E-state index contributed by atoms with van der Waals surface area (Å²) < 4.78 is 0. The number of hydrogen-bond acceptors (Lipinski definition) is 12. The predicted octanol–water partition coefficient (Wildman–Crippen LogP) is 2.62. The van der Waals surface area contributed by atoms with Crippen LogP contribution in [0.3, 0.4) is 0 Å². The Hall–Kier alpha value is -7.23. The molecule has 0 aromatic heterocycles. The van der Waals surface area contributed by atoms with Crippen LogP contribution in [-0.4, -0.2) is 127 Å². The van der Waals surface area contributed by atoms with Crippen LogP contribution in [0, 0.1) is 17.8 Å². The number of rotatable bonds is 24. The molecule has 4 rings (SSSR count). The molecule has 1 heterocycles. The molecule has 3 aromatic rings. The third kappa shape index (κ3) is 22.7. The third-order valence-corrected chi connectivity index (χ3v) is 15.9. The van der Waals surface area contributed by atoms with E-state index >= 15 is 0 Å². The Kier molecular flexibility index (Phi) is 30.6. The molecule has 0 unspecified atom stereocenters. The molecule has 3 aromatic carbocycles. The molecule has 12 atom stereocenters. The fourth-order valence-corrected chi connectivity index (χ4v) is 9.93. The van der Waals surface area contributed by atoms with Gasteiger partial charge in [0.05, 0.1) is 0 Å². The summed E-state index contributed by atoms with van der Waals surface area (Å²) >= 11 is 0. The van der Waals surface area contributed by atoms with E-state index < -0.39 is 125 Å². The molecule has 0 aliphatic carbocycles. The van der Waals surface area contributed by atoms with Crippen molar-refractivity contribution >= 4 is 53.2 Å². The van der Waals surface area contributed by atoms with Crippen LogP contribution in [0.1, 0.15) is 135 Å². The van der Waals surface area contributed by atoms with E-state index in [1.165, 1.54) is 0 Å². The number of nitrogens with two attached hydrogens (primary N) is 3. The SMILES string of the molecule is CC[C@H](C)[C@@H]1NC(=O)[C@H](Cc2ccccc2)NC(=O)[C@H](CCCCN)NC(=O)[C@H]([C@@H](C)CC)NC(=O)[C@H](Cc2ccccc2)NC(=O)[C@H](CCCCN)NC(=O)[C@H]([C@@H](C)CC)NC(=O)[C@H](Cc2ccccc2)NC(=O)[C@H](CCCCN)NC1=O. The van der Waals surface area contributed by atoms with Crippen molar-refractivity contribution in [3.63, 3.8) is 0 Å². The molecule has 21 nitrogen and oxygen atoms in total. The van der Waals surface area contributed by atoms with Gasteiger partial charge in [-0.25, -0.2) is 0 Å². The first-order valence-electron chi connectivity index (χ1n) is 30.3. The van der Waals surface area contributed by atoms with E-state index in [0.717, 1.165) is 0 Å². The zero-order valence-electron chi connectivity index (χ0n) is 50.2. The van der Waals surface area contributed by atoms with E-state index in [9.17, 15) is 43.2 Å². The summed E-state index contributed by atoms with van der Waals surface area (Å²) in [4.78, 5) is 133. The van der Waals surface area contributed by atoms with Gasteiger partial charge in [0.1, 0.15) is 54.4 Å². The van der Waals surface area contributed by atoms with E-state index in [-0.39, 0.29) is 38.5 Å². The topological polar surface area (TPSA) is 340 Å². The maximum atomic E-state index is 14.8. The lowest BCUT2D eigenvalue weighted by molar-refractivity contribution is -0.136. The number of nitrogens with one attached hydrogen (secondary N) is 9. The van der Waals surface area contributed by atoms with Crippen molar-refractivity contribution in [3.05, 3.63) is 108 Å². The summed E-state index contributed by atoms with van der Waals surface area (Å²) in [7, 11) is 0. The largest absolute Gasteiger partial charge is 0.343 e. The smallest absolute Gasteiger partial charge is 0.243 e. The van der Waals surface area contributed by atoms with Crippen LogP contribution >= 0.6 is 0 Å². The van der Waals surface area contributed by atoms with Gasteiger partial charge in [-0.3, -0.25) is 43.2 Å². The molecule has 84 heavy (non-hydrogen) atoms. The summed E-state index contributed by atoms with van der Waals surface area (Å²) in [6.45, 7) is 11.8. The first-order chi connectivity index (χ1) is 40.4. The number of unbranched alkanes of at least 4 members (excludes halogenated alkanes) is 3. The Morgan fingerprint density at radius 3 is 0.738 bits per heavy atom. The van der Waals surface area contributed by atoms with Gasteiger partial charge in [-0.1, -0.05) is 152 Å². The zero-order valence-corrected chi connectivity index (χ0v) is 50.2. The highest BCUT2D eigenvalue weighted by atomic mass is 16.2. The van der Waals surface area contributed by atoms with Gasteiger partial charge in [0.15, 0.2) is 0 Å². The number of carbonyl (C=O) groups is 9. The number of hydrogen-bond donors (Lipinski definition) is 12. The summed E-state index contributed by atoms with van der Waals surface area (Å²) in [6, 6.07) is 15.7. The molecule has 9 amide bonds. The summed E-state index contributed by atoms with van der Waals surface area (Å²) in [5.74, 6) is -7.80. The van der Waals surface area contributed by atoms with Gasteiger partial charge >= 0.3 is 0 Å². The highest BCUT2D eigenvalue weighted by Crippen LogP contribution is 2.17. The third-order valence-electron chi connectivity index (χ3n) is 15.9. The highest BCUT2D eigenvalue weighted by molar-refractivity contribution is 5.99. The second-order valence-electron chi connectivity index (χ2n) is 22.4. The van der Waals surface area contributed by atoms with Crippen LogP contribution in [0.25, 0.3) is 0 Å². The minimum absolute atomic E-state index is 0.0152. The molecule has 15 N–H and O–H groups in total. The van der Waals surface area contributed by atoms with Crippen molar-refractivity contribution in [2.24, 2.45) is 35.0 Å².